The van der Waals surface area contributed by atoms with Gasteiger partial charge >= 0.3 is 0 Å². The summed E-state index contributed by atoms with van der Waals surface area (Å²) in [6.45, 7) is 2.01. The first-order valence-corrected chi connectivity index (χ1v) is 11.9. The first-order valence-electron chi connectivity index (χ1n) is 9.96. The highest BCUT2D eigenvalue weighted by Crippen LogP contribution is 2.34. The van der Waals surface area contributed by atoms with Gasteiger partial charge in [0, 0.05) is 22.7 Å². The quantitative estimate of drug-likeness (QED) is 0.431. The molecule has 1 aliphatic heterocycles. The standard InChI is InChI=1S/C23H19N3O4S2/c1-13(21(27)24-15-7-8-17-18(9-15)30-12-29-17)31-11-19-25-22(28)20-16(10-32-23(20)26-19)14-5-3-2-4-6-14/h2-10,13H,11-12H2,1H3,(H,24,27)(H,25,26,28). The molecule has 2 aromatic heterocycles. The van der Waals surface area contributed by atoms with Crippen LogP contribution in [-0.2, 0) is 10.5 Å². The van der Waals surface area contributed by atoms with Crippen LogP contribution in [0.25, 0.3) is 21.3 Å². The maximum atomic E-state index is 12.8. The monoisotopic (exact) mass is 465 g/mol. The molecular formula is C23H19N3O4S2. The summed E-state index contributed by atoms with van der Waals surface area (Å²) in [7, 11) is 0. The van der Waals surface area contributed by atoms with Crippen molar-refractivity contribution in [2.45, 2.75) is 17.9 Å². The summed E-state index contributed by atoms with van der Waals surface area (Å²) in [5.74, 6) is 2.11. The number of aromatic amines is 1. The van der Waals surface area contributed by atoms with E-state index in [9.17, 15) is 9.59 Å². The Bertz CT molecular complexity index is 1350. The van der Waals surface area contributed by atoms with Crippen LogP contribution in [-0.4, -0.2) is 27.9 Å². The number of thioether (sulfide) groups is 1. The second kappa shape index (κ2) is 8.68. The molecule has 4 aromatic rings. The van der Waals surface area contributed by atoms with Crippen LogP contribution in [0, 0.1) is 0 Å². The van der Waals surface area contributed by atoms with Crippen molar-refractivity contribution in [1.82, 2.24) is 9.97 Å². The first-order chi connectivity index (χ1) is 15.6. The molecule has 2 N–H and O–H groups in total. The van der Waals surface area contributed by atoms with Crippen LogP contribution in [0.4, 0.5) is 5.69 Å². The number of thiophene rings is 1. The van der Waals surface area contributed by atoms with E-state index in [4.69, 9.17) is 9.47 Å². The van der Waals surface area contributed by atoms with Gasteiger partial charge in [-0.15, -0.1) is 23.1 Å². The van der Waals surface area contributed by atoms with Gasteiger partial charge in [-0.25, -0.2) is 4.98 Å². The number of carbonyl (C=O) groups excluding carboxylic acids is 1. The molecule has 7 nitrogen and oxygen atoms in total. The third-order valence-corrected chi connectivity index (χ3v) is 7.08. The van der Waals surface area contributed by atoms with Crippen molar-refractivity contribution in [1.29, 1.82) is 0 Å². The van der Waals surface area contributed by atoms with E-state index < -0.39 is 0 Å². The largest absolute Gasteiger partial charge is 0.454 e. The number of anilines is 1. The molecular weight excluding hydrogens is 446 g/mol. The number of nitrogens with one attached hydrogen (secondary N) is 2. The molecule has 5 rings (SSSR count). The molecule has 0 saturated carbocycles. The van der Waals surface area contributed by atoms with Gasteiger partial charge in [-0.3, -0.25) is 9.59 Å². The maximum absolute atomic E-state index is 12.8. The zero-order valence-electron chi connectivity index (χ0n) is 17.1. The van der Waals surface area contributed by atoms with Gasteiger partial charge in [0.1, 0.15) is 10.7 Å². The number of ether oxygens (including phenoxy) is 2. The Hall–Kier alpha value is -3.30. The Labute approximate surface area is 191 Å². The number of hydrogen-bond donors (Lipinski definition) is 2. The van der Waals surface area contributed by atoms with E-state index in [0.29, 0.717) is 39.0 Å². The molecule has 0 aliphatic carbocycles. The number of benzene rings is 2. The smallest absolute Gasteiger partial charge is 0.260 e. The van der Waals surface area contributed by atoms with Crippen LogP contribution < -0.4 is 20.3 Å². The lowest BCUT2D eigenvalue weighted by Crippen LogP contribution is -2.23. The Balaban J connectivity index is 1.26. The SMILES string of the molecule is CC(SCc1nc2scc(-c3ccccc3)c2c(=O)[nH]1)C(=O)Nc1ccc2c(c1)OCO2. The third kappa shape index (κ3) is 4.09. The number of aromatic nitrogens is 2. The second-order valence-electron chi connectivity index (χ2n) is 7.22. The van der Waals surface area contributed by atoms with Crippen LogP contribution in [0.3, 0.4) is 0 Å². The van der Waals surface area contributed by atoms with E-state index in [-0.39, 0.29) is 23.5 Å². The lowest BCUT2D eigenvalue weighted by atomic mass is 10.1. The van der Waals surface area contributed by atoms with Crippen LogP contribution in [0.5, 0.6) is 11.5 Å². The van der Waals surface area contributed by atoms with Crippen LogP contribution in [0.15, 0.2) is 58.7 Å². The third-order valence-electron chi connectivity index (χ3n) is 5.06. The van der Waals surface area contributed by atoms with E-state index in [2.05, 4.69) is 15.3 Å². The highest BCUT2D eigenvalue weighted by atomic mass is 32.2. The number of nitrogens with zero attached hydrogens (tertiary/aromatic N) is 1. The lowest BCUT2D eigenvalue weighted by Gasteiger charge is -2.12. The molecule has 0 spiro atoms. The van der Waals surface area contributed by atoms with Gasteiger partial charge in [-0.2, -0.15) is 0 Å². The zero-order valence-corrected chi connectivity index (χ0v) is 18.7. The van der Waals surface area contributed by atoms with E-state index in [1.807, 2.05) is 42.6 Å². The summed E-state index contributed by atoms with van der Waals surface area (Å²) in [4.78, 5) is 33.5. The maximum Gasteiger partial charge on any atom is 0.260 e. The van der Waals surface area contributed by atoms with Gasteiger partial charge in [0.15, 0.2) is 11.5 Å². The second-order valence-corrected chi connectivity index (χ2v) is 9.41. The topological polar surface area (TPSA) is 93.3 Å². The fraction of sp³-hybridized carbons (Fsp3) is 0.174. The molecule has 0 saturated heterocycles. The predicted molar refractivity (Wildman–Crippen MR) is 128 cm³/mol. The Kier molecular flexibility index (Phi) is 5.59. The van der Waals surface area contributed by atoms with Gasteiger partial charge < -0.3 is 19.8 Å². The van der Waals surface area contributed by atoms with Crippen molar-refractivity contribution >= 4 is 44.9 Å². The molecule has 0 fully saturated rings. The van der Waals surface area contributed by atoms with Gasteiger partial charge in [-0.05, 0) is 24.6 Å². The van der Waals surface area contributed by atoms with Crippen molar-refractivity contribution in [3.63, 3.8) is 0 Å². The average Bonchev–Trinajstić information content (AvgIpc) is 3.45. The molecule has 0 radical (unpaired) electrons. The molecule has 9 heteroatoms. The summed E-state index contributed by atoms with van der Waals surface area (Å²) < 4.78 is 10.6. The zero-order chi connectivity index (χ0) is 22.1. The lowest BCUT2D eigenvalue weighted by molar-refractivity contribution is -0.115. The summed E-state index contributed by atoms with van der Waals surface area (Å²) in [5.41, 5.74) is 2.35. The van der Waals surface area contributed by atoms with Crippen LogP contribution in [0.2, 0.25) is 0 Å². The number of hydrogen-bond acceptors (Lipinski definition) is 7. The molecule has 2 aromatic carbocycles. The van der Waals surface area contributed by atoms with Crippen molar-refractivity contribution < 1.29 is 14.3 Å². The van der Waals surface area contributed by atoms with Gasteiger partial charge in [0.2, 0.25) is 12.7 Å². The predicted octanol–water partition coefficient (Wildman–Crippen LogP) is 4.64. The van der Waals surface area contributed by atoms with Gasteiger partial charge in [-0.1, -0.05) is 30.3 Å². The van der Waals surface area contributed by atoms with E-state index in [1.165, 1.54) is 23.1 Å². The molecule has 162 valence electrons. The molecule has 3 heterocycles. The average molecular weight is 466 g/mol. The number of H-pyrrole nitrogens is 1. The number of fused-ring (bicyclic) bond motifs is 2. The Morgan fingerprint density at radius 3 is 2.88 bits per heavy atom. The van der Waals surface area contributed by atoms with Crippen molar-refractivity contribution in [3.05, 3.63) is 70.1 Å². The minimum atomic E-state index is -0.343. The molecule has 1 aliphatic rings. The number of amides is 1. The first kappa shape index (κ1) is 20.6. The van der Waals surface area contributed by atoms with Crippen molar-refractivity contribution in [2.24, 2.45) is 0 Å². The normalized spacial score (nSPS) is 13.3. The Morgan fingerprint density at radius 2 is 2.03 bits per heavy atom. The number of carbonyl (C=O) groups is 1. The fourth-order valence-electron chi connectivity index (χ4n) is 3.39. The molecule has 1 amide bonds. The minimum Gasteiger partial charge on any atom is -0.454 e. The molecule has 0 bridgehead atoms. The molecule has 1 unspecified atom stereocenters. The highest BCUT2D eigenvalue weighted by Gasteiger charge is 2.18. The molecule has 1 atom stereocenters. The van der Waals surface area contributed by atoms with Crippen molar-refractivity contribution in [3.8, 4) is 22.6 Å². The minimum absolute atomic E-state index is 0.139. The van der Waals surface area contributed by atoms with Gasteiger partial charge in [0.25, 0.3) is 5.56 Å². The summed E-state index contributed by atoms with van der Waals surface area (Å²) in [6.07, 6.45) is 0. The number of rotatable bonds is 6. The van der Waals surface area contributed by atoms with Crippen LogP contribution >= 0.6 is 23.1 Å². The summed E-state index contributed by atoms with van der Waals surface area (Å²) in [6, 6.07) is 15.1. The molecule has 32 heavy (non-hydrogen) atoms. The Morgan fingerprint density at radius 1 is 1.22 bits per heavy atom. The van der Waals surface area contributed by atoms with E-state index >= 15 is 0 Å². The van der Waals surface area contributed by atoms with E-state index in [1.54, 1.807) is 18.2 Å². The summed E-state index contributed by atoms with van der Waals surface area (Å²) >= 11 is 2.85. The fourth-order valence-corrected chi connectivity index (χ4v) is 5.11. The highest BCUT2D eigenvalue weighted by molar-refractivity contribution is 7.99. The van der Waals surface area contributed by atoms with Crippen molar-refractivity contribution in [2.75, 3.05) is 12.1 Å². The van der Waals surface area contributed by atoms with E-state index in [0.717, 1.165) is 11.1 Å². The summed E-state index contributed by atoms with van der Waals surface area (Å²) in [5, 5.41) is 5.10. The van der Waals surface area contributed by atoms with Crippen LogP contribution in [0.1, 0.15) is 12.7 Å². The van der Waals surface area contributed by atoms with Gasteiger partial charge in [0.05, 0.1) is 16.4 Å².